The summed E-state index contributed by atoms with van der Waals surface area (Å²) in [6.45, 7) is 0.578. The number of nitro groups is 1. The van der Waals surface area contributed by atoms with Crippen molar-refractivity contribution in [2.24, 2.45) is 0 Å². The van der Waals surface area contributed by atoms with Gasteiger partial charge in [0.25, 0.3) is 5.69 Å². The molecule has 0 amide bonds. The first kappa shape index (κ1) is 20.3. The van der Waals surface area contributed by atoms with E-state index in [9.17, 15) is 10.1 Å². The first-order valence-corrected chi connectivity index (χ1v) is 11.0. The van der Waals surface area contributed by atoms with Crippen molar-refractivity contribution >= 4 is 33.4 Å². The highest BCUT2D eigenvalue weighted by molar-refractivity contribution is 9.10. The molecule has 0 aliphatic carbocycles. The molecule has 30 heavy (non-hydrogen) atoms. The number of nitro benzene ring substituents is 1. The van der Waals surface area contributed by atoms with Gasteiger partial charge in [-0.1, -0.05) is 82.3 Å². The van der Waals surface area contributed by atoms with Crippen LogP contribution in [-0.4, -0.2) is 19.7 Å². The summed E-state index contributed by atoms with van der Waals surface area (Å²) in [5.41, 5.74) is 2.98. The van der Waals surface area contributed by atoms with Crippen LogP contribution in [0.4, 0.5) is 5.69 Å². The van der Waals surface area contributed by atoms with Gasteiger partial charge < -0.3 is 0 Å². The predicted molar refractivity (Wildman–Crippen MR) is 121 cm³/mol. The van der Waals surface area contributed by atoms with Crippen molar-refractivity contribution in [2.45, 2.75) is 17.5 Å². The van der Waals surface area contributed by atoms with E-state index in [0.29, 0.717) is 17.9 Å². The minimum Gasteiger partial charge on any atom is -0.298 e. The fraction of sp³-hybridized carbons (Fsp3) is 0.0909. The molecule has 150 valence electrons. The molecule has 3 aromatic carbocycles. The number of nitrogens with zero attached hydrogens (tertiary/aromatic N) is 4. The Morgan fingerprint density at radius 2 is 1.70 bits per heavy atom. The zero-order valence-corrected chi connectivity index (χ0v) is 18.2. The summed E-state index contributed by atoms with van der Waals surface area (Å²) >= 11 is 5.05. The third-order valence-corrected chi connectivity index (χ3v) is 6.06. The Morgan fingerprint density at radius 1 is 0.933 bits per heavy atom. The van der Waals surface area contributed by atoms with Crippen LogP contribution in [0.25, 0.3) is 11.4 Å². The summed E-state index contributed by atoms with van der Waals surface area (Å²) in [7, 11) is 0. The minimum absolute atomic E-state index is 0.0332. The topological polar surface area (TPSA) is 73.8 Å². The van der Waals surface area contributed by atoms with Gasteiger partial charge in [-0.2, -0.15) is 0 Å². The van der Waals surface area contributed by atoms with Gasteiger partial charge in [-0.15, -0.1) is 10.2 Å². The second-order valence-corrected chi connectivity index (χ2v) is 8.46. The summed E-state index contributed by atoms with van der Waals surface area (Å²) in [5.74, 6) is 1.36. The van der Waals surface area contributed by atoms with Gasteiger partial charge >= 0.3 is 0 Å². The van der Waals surface area contributed by atoms with Crippen molar-refractivity contribution in [1.29, 1.82) is 0 Å². The lowest BCUT2D eigenvalue weighted by molar-refractivity contribution is -0.384. The molecule has 0 unspecified atom stereocenters. The van der Waals surface area contributed by atoms with E-state index in [2.05, 4.69) is 38.3 Å². The molecule has 0 aliphatic rings. The molecule has 0 saturated heterocycles. The molecule has 0 N–H and O–H groups in total. The number of aromatic nitrogens is 3. The maximum absolute atomic E-state index is 11.2. The fourth-order valence-electron chi connectivity index (χ4n) is 3.00. The highest BCUT2D eigenvalue weighted by atomic mass is 79.9. The number of non-ortho nitro benzene ring substituents is 1. The number of halogens is 1. The molecule has 4 rings (SSSR count). The molecule has 1 aromatic heterocycles. The van der Waals surface area contributed by atoms with Crippen LogP contribution >= 0.6 is 27.7 Å². The third kappa shape index (κ3) is 4.77. The third-order valence-electron chi connectivity index (χ3n) is 4.50. The van der Waals surface area contributed by atoms with E-state index in [1.165, 1.54) is 17.7 Å². The molecule has 0 fully saturated rings. The van der Waals surface area contributed by atoms with Gasteiger partial charge in [0.05, 0.1) is 11.5 Å². The normalized spacial score (nSPS) is 10.8. The molecule has 4 aromatic rings. The number of benzene rings is 3. The number of hydrogen-bond acceptors (Lipinski definition) is 5. The maximum Gasteiger partial charge on any atom is 0.270 e. The van der Waals surface area contributed by atoms with E-state index in [1.807, 2.05) is 53.1 Å². The standard InChI is InChI=1S/C22H17BrN4O2S/c23-19-11-9-17(10-12-19)15-30-22-25-24-21(18-7-4-8-20(13-18)27(28)29)26(22)14-16-5-2-1-3-6-16/h1-13H,14-15H2. The predicted octanol–water partition coefficient (Wildman–Crippen LogP) is 5.96. The van der Waals surface area contributed by atoms with Gasteiger partial charge in [0, 0.05) is 27.9 Å². The number of rotatable bonds is 7. The average molecular weight is 481 g/mol. The molecule has 0 saturated carbocycles. The highest BCUT2D eigenvalue weighted by Crippen LogP contribution is 2.29. The Balaban J connectivity index is 1.68. The van der Waals surface area contributed by atoms with Crippen LogP contribution in [0, 0.1) is 10.1 Å². The quantitative estimate of drug-likeness (QED) is 0.185. The van der Waals surface area contributed by atoms with Crippen LogP contribution in [0.5, 0.6) is 0 Å². The first-order valence-electron chi connectivity index (χ1n) is 9.19. The molecular weight excluding hydrogens is 464 g/mol. The molecule has 0 radical (unpaired) electrons. The lowest BCUT2D eigenvalue weighted by Gasteiger charge is -2.11. The van der Waals surface area contributed by atoms with Crippen LogP contribution in [0.1, 0.15) is 11.1 Å². The summed E-state index contributed by atoms with van der Waals surface area (Å²) < 4.78 is 3.05. The van der Waals surface area contributed by atoms with Crippen LogP contribution in [0.3, 0.4) is 0 Å². The Kier molecular flexibility index (Phi) is 6.25. The van der Waals surface area contributed by atoms with E-state index in [0.717, 1.165) is 20.9 Å². The number of hydrogen-bond donors (Lipinski definition) is 0. The lowest BCUT2D eigenvalue weighted by Crippen LogP contribution is -2.04. The van der Waals surface area contributed by atoms with Crippen molar-refractivity contribution in [3.05, 3.63) is 105 Å². The Bertz CT molecular complexity index is 1160. The maximum atomic E-state index is 11.2. The Labute approximate surface area is 186 Å². The fourth-order valence-corrected chi connectivity index (χ4v) is 4.16. The van der Waals surface area contributed by atoms with Crippen LogP contribution in [-0.2, 0) is 12.3 Å². The van der Waals surface area contributed by atoms with Crippen molar-refractivity contribution in [1.82, 2.24) is 14.8 Å². The summed E-state index contributed by atoms with van der Waals surface area (Å²) in [6, 6.07) is 24.7. The van der Waals surface area contributed by atoms with Gasteiger partial charge in [0.15, 0.2) is 11.0 Å². The zero-order chi connectivity index (χ0) is 20.9. The van der Waals surface area contributed by atoms with E-state index in [1.54, 1.807) is 17.8 Å². The van der Waals surface area contributed by atoms with Gasteiger partial charge in [0.1, 0.15) is 0 Å². The van der Waals surface area contributed by atoms with Crippen molar-refractivity contribution in [3.63, 3.8) is 0 Å². The Hall–Kier alpha value is -2.97. The SMILES string of the molecule is O=[N+]([O-])c1cccc(-c2nnc(SCc3ccc(Br)cc3)n2Cc2ccccc2)c1. The second-order valence-electron chi connectivity index (χ2n) is 6.60. The van der Waals surface area contributed by atoms with Gasteiger partial charge in [0.2, 0.25) is 0 Å². The average Bonchev–Trinajstić information content (AvgIpc) is 3.16. The molecule has 8 heteroatoms. The van der Waals surface area contributed by atoms with E-state index in [4.69, 9.17) is 0 Å². The second kappa shape index (κ2) is 9.23. The molecule has 0 aliphatic heterocycles. The summed E-state index contributed by atoms with van der Waals surface area (Å²) in [5, 5.41) is 20.7. The van der Waals surface area contributed by atoms with Gasteiger partial charge in [-0.25, -0.2) is 0 Å². The Morgan fingerprint density at radius 3 is 2.43 bits per heavy atom. The van der Waals surface area contributed by atoms with Crippen LogP contribution in [0.2, 0.25) is 0 Å². The molecule has 0 atom stereocenters. The largest absolute Gasteiger partial charge is 0.298 e. The zero-order valence-electron chi connectivity index (χ0n) is 15.8. The summed E-state index contributed by atoms with van der Waals surface area (Å²) in [4.78, 5) is 10.8. The number of thioether (sulfide) groups is 1. The van der Waals surface area contributed by atoms with Crippen molar-refractivity contribution in [2.75, 3.05) is 0 Å². The smallest absolute Gasteiger partial charge is 0.270 e. The van der Waals surface area contributed by atoms with Crippen molar-refractivity contribution in [3.8, 4) is 11.4 Å². The van der Waals surface area contributed by atoms with E-state index < -0.39 is 4.92 Å². The molecule has 6 nitrogen and oxygen atoms in total. The van der Waals surface area contributed by atoms with Gasteiger partial charge in [-0.3, -0.25) is 14.7 Å². The van der Waals surface area contributed by atoms with Crippen molar-refractivity contribution < 1.29 is 4.92 Å². The van der Waals surface area contributed by atoms with E-state index in [-0.39, 0.29) is 5.69 Å². The first-order chi connectivity index (χ1) is 14.6. The lowest BCUT2D eigenvalue weighted by atomic mass is 10.1. The van der Waals surface area contributed by atoms with Crippen LogP contribution in [0.15, 0.2) is 88.5 Å². The molecule has 0 bridgehead atoms. The summed E-state index contributed by atoms with van der Waals surface area (Å²) in [6.07, 6.45) is 0. The molecule has 0 spiro atoms. The van der Waals surface area contributed by atoms with Gasteiger partial charge in [-0.05, 0) is 23.3 Å². The molecular formula is C22H17BrN4O2S. The minimum atomic E-state index is -0.398. The van der Waals surface area contributed by atoms with E-state index >= 15 is 0 Å². The molecule has 1 heterocycles. The van der Waals surface area contributed by atoms with Crippen LogP contribution < -0.4 is 0 Å². The monoisotopic (exact) mass is 480 g/mol. The highest BCUT2D eigenvalue weighted by Gasteiger charge is 2.17.